The first-order chi connectivity index (χ1) is 15.3. The number of allylic oxidation sites excluding steroid dienone is 4. The summed E-state index contributed by atoms with van der Waals surface area (Å²) in [5.41, 5.74) is -2.73. The summed E-state index contributed by atoms with van der Waals surface area (Å²) in [6.07, 6.45) is 4.88. The van der Waals surface area contributed by atoms with Crippen molar-refractivity contribution in [3.63, 3.8) is 0 Å². The number of carbonyl (C=O) groups is 4. The van der Waals surface area contributed by atoms with Crippen molar-refractivity contribution >= 4 is 23.5 Å². The molecule has 8 atom stereocenters. The second-order valence-electron chi connectivity index (χ2n) is 10.5. The van der Waals surface area contributed by atoms with Gasteiger partial charge in [0.15, 0.2) is 18.0 Å². The lowest BCUT2D eigenvalue weighted by molar-refractivity contribution is -0.200. The second-order valence-corrected chi connectivity index (χ2v) is 10.5. The van der Waals surface area contributed by atoms with Crippen LogP contribution in [0, 0.1) is 28.6 Å². The molecule has 4 rings (SSSR count). The maximum absolute atomic E-state index is 13.1. The first-order valence-corrected chi connectivity index (χ1v) is 11.5. The van der Waals surface area contributed by atoms with Crippen LogP contribution in [0.2, 0.25) is 0 Å². The number of carbonyl (C=O) groups excluding carboxylic acids is 4. The van der Waals surface area contributed by atoms with Gasteiger partial charge in [0.25, 0.3) is 0 Å². The maximum atomic E-state index is 13.1. The summed E-state index contributed by atoms with van der Waals surface area (Å²) >= 11 is 0. The van der Waals surface area contributed by atoms with Crippen LogP contribution < -0.4 is 0 Å². The molecule has 33 heavy (non-hydrogen) atoms. The van der Waals surface area contributed by atoms with Crippen LogP contribution >= 0.6 is 0 Å². The average Bonchev–Trinajstić information content (AvgIpc) is 2.93. The van der Waals surface area contributed by atoms with E-state index in [4.69, 9.17) is 9.47 Å². The van der Waals surface area contributed by atoms with E-state index in [1.165, 1.54) is 13.8 Å². The van der Waals surface area contributed by atoms with Crippen LogP contribution in [0.5, 0.6) is 0 Å². The van der Waals surface area contributed by atoms with Crippen molar-refractivity contribution in [2.75, 3.05) is 6.61 Å². The molecule has 3 saturated carbocycles. The highest BCUT2D eigenvalue weighted by Crippen LogP contribution is 2.67. The van der Waals surface area contributed by atoms with E-state index in [-0.39, 0.29) is 36.4 Å². The van der Waals surface area contributed by atoms with Gasteiger partial charge in [-0.2, -0.15) is 0 Å². The molecule has 0 radical (unpaired) electrons. The molecule has 180 valence electrons. The zero-order chi connectivity index (χ0) is 24.3. The summed E-state index contributed by atoms with van der Waals surface area (Å²) in [5.74, 6) is -2.38. The molecular weight excluding hydrogens is 428 g/mol. The third-order valence-corrected chi connectivity index (χ3v) is 8.84. The van der Waals surface area contributed by atoms with E-state index in [9.17, 15) is 29.4 Å². The molecule has 8 heteroatoms. The minimum Gasteiger partial charge on any atom is -0.462 e. The summed E-state index contributed by atoms with van der Waals surface area (Å²) in [4.78, 5) is 48.5. The van der Waals surface area contributed by atoms with Crippen LogP contribution in [0.1, 0.15) is 53.4 Å². The number of ketones is 2. The van der Waals surface area contributed by atoms with Crippen molar-refractivity contribution in [1.29, 1.82) is 0 Å². The Kier molecular flexibility index (Phi) is 5.69. The maximum Gasteiger partial charge on any atom is 0.303 e. The summed E-state index contributed by atoms with van der Waals surface area (Å²) < 4.78 is 10.7. The van der Waals surface area contributed by atoms with E-state index >= 15 is 0 Å². The molecule has 0 aromatic heterocycles. The van der Waals surface area contributed by atoms with Gasteiger partial charge in [0, 0.05) is 30.6 Å². The van der Waals surface area contributed by atoms with Gasteiger partial charge >= 0.3 is 11.9 Å². The van der Waals surface area contributed by atoms with Crippen LogP contribution in [0.3, 0.4) is 0 Å². The van der Waals surface area contributed by atoms with E-state index in [1.807, 2.05) is 13.0 Å². The fourth-order valence-electron chi connectivity index (χ4n) is 7.41. The van der Waals surface area contributed by atoms with Gasteiger partial charge in [-0.3, -0.25) is 19.2 Å². The van der Waals surface area contributed by atoms with Crippen molar-refractivity contribution < 1.29 is 38.9 Å². The highest BCUT2D eigenvalue weighted by molar-refractivity contribution is 6.01. The van der Waals surface area contributed by atoms with Gasteiger partial charge in [-0.05, 0) is 49.7 Å². The zero-order valence-corrected chi connectivity index (χ0v) is 19.5. The Bertz CT molecular complexity index is 965. The molecule has 0 heterocycles. The lowest BCUT2D eigenvalue weighted by Crippen LogP contribution is -2.64. The minimum atomic E-state index is -2.13. The number of ether oxygens (including phenoxy) is 2. The van der Waals surface area contributed by atoms with Crippen molar-refractivity contribution in [3.8, 4) is 0 Å². The number of Topliss-reactive ketones (excluding diaryl/α,β-unsaturated/α-hetero) is 1. The molecule has 3 fully saturated rings. The van der Waals surface area contributed by atoms with Crippen LogP contribution in [0.25, 0.3) is 0 Å². The molecule has 4 aliphatic carbocycles. The lowest BCUT2D eigenvalue weighted by Gasteiger charge is -2.59. The van der Waals surface area contributed by atoms with Gasteiger partial charge in [0.05, 0.1) is 6.10 Å². The fourth-order valence-corrected chi connectivity index (χ4v) is 7.41. The van der Waals surface area contributed by atoms with Gasteiger partial charge in [-0.15, -0.1) is 0 Å². The fraction of sp³-hybridized carbons (Fsp3) is 0.680. The minimum absolute atomic E-state index is 0.0571. The number of rotatable bonds is 4. The number of fused-ring (bicyclic) bond motifs is 5. The number of hydrogen-bond acceptors (Lipinski definition) is 8. The topological polar surface area (TPSA) is 127 Å². The van der Waals surface area contributed by atoms with Crippen LogP contribution in [0.4, 0.5) is 0 Å². The van der Waals surface area contributed by atoms with Crippen LogP contribution in [-0.2, 0) is 28.7 Å². The van der Waals surface area contributed by atoms with Crippen molar-refractivity contribution in [3.05, 3.63) is 23.8 Å². The van der Waals surface area contributed by atoms with E-state index in [0.29, 0.717) is 12.8 Å². The normalized spacial score (nSPS) is 43.6. The predicted molar refractivity (Wildman–Crippen MR) is 116 cm³/mol. The number of aliphatic hydroxyl groups excluding tert-OH is 1. The Hall–Kier alpha value is -2.32. The summed E-state index contributed by atoms with van der Waals surface area (Å²) in [6.45, 7) is 5.67. The largest absolute Gasteiger partial charge is 0.462 e. The second kappa shape index (κ2) is 7.87. The monoisotopic (exact) mass is 460 g/mol. The number of aliphatic hydroxyl groups is 2. The van der Waals surface area contributed by atoms with E-state index < -0.39 is 53.0 Å². The Morgan fingerprint density at radius 1 is 1.18 bits per heavy atom. The standard InChI is InChI=1S/C25H32O8/c1-13(26)32-12-21(30)25(31)20(29)10-18-17-6-5-15-9-16(28)7-8-23(15,3)22(17)19(33-14(2)27)11-24(18,25)4/h7-9,17-20,22,29,31H,5-6,10-12H2,1-4H3. The summed E-state index contributed by atoms with van der Waals surface area (Å²) in [6, 6.07) is 0. The van der Waals surface area contributed by atoms with Gasteiger partial charge < -0.3 is 19.7 Å². The van der Waals surface area contributed by atoms with Crippen LogP contribution in [0.15, 0.2) is 23.8 Å². The molecule has 2 N–H and O–H groups in total. The first-order valence-electron chi connectivity index (χ1n) is 11.5. The van der Waals surface area contributed by atoms with Gasteiger partial charge in [-0.1, -0.05) is 25.5 Å². The average molecular weight is 461 g/mol. The predicted octanol–water partition coefficient (Wildman–Crippen LogP) is 1.67. The molecule has 0 saturated heterocycles. The highest BCUT2D eigenvalue weighted by Gasteiger charge is 2.72. The summed E-state index contributed by atoms with van der Waals surface area (Å²) in [5, 5.41) is 22.6. The molecule has 0 spiro atoms. The lowest BCUT2D eigenvalue weighted by atomic mass is 9.46. The SMILES string of the molecule is CC(=O)OCC(=O)C1(O)C(O)CC2C3CCC4=CC(=O)C=CC4(C)C3C(OC(C)=O)CC21C. The van der Waals surface area contributed by atoms with Crippen molar-refractivity contribution in [2.24, 2.45) is 28.6 Å². The van der Waals surface area contributed by atoms with E-state index in [0.717, 1.165) is 5.57 Å². The molecule has 0 amide bonds. The van der Waals surface area contributed by atoms with E-state index in [1.54, 1.807) is 19.1 Å². The molecule has 0 aliphatic heterocycles. The quantitative estimate of drug-likeness (QED) is 0.607. The first kappa shape index (κ1) is 23.8. The third-order valence-electron chi connectivity index (χ3n) is 8.84. The zero-order valence-electron chi connectivity index (χ0n) is 19.5. The van der Waals surface area contributed by atoms with Crippen LogP contribution in [-0.4, -0.2) is 58.1 Å². The Morgan fingerprint density at radius 3 is 2.52 bits per heavy atom. The van der Waals surface area contributed by atoms with Gasteiger partial charge in [-0.25, -0.2) is 0 Å². The molecular formula is C25H32O8. The number of esters is 2. The third kappa shape index (κ3) is 3.41. The molecule has 0 aromatic carbocycles. The Balaban J connectivity index is 1.77. The Morgan fingerprint density at radius 2 is 1.88 bits per heavy atom. The van der Waals surface area contributed by atoms with Gasteiger partial charge in [0.1, 0.15) is 6.10 Å². The summed E-state index contributed by atoms with van der Waals surface area (Å²) in [7, 11) is 0. The molecule has 8 nitrogen and oxygen atoms in total. The number of hydrogen-bond donors (Lipinski definition) is 2. The molecule has 0 aromatic rings. The molecule has 8 unspecified atom stereocenters. The van der Waals surface area contributed by atoms with E-state index in [2.05, 4.69) is 0 Å². The highest BCUT2D eigenvalue weighted by atomic mass is 16.5. The molecule has 0 bridgehead atoms. The molecule has 4 aliphatic rings. The smallest absolute Gasteiger partial charge is 0.303 e. The Labute approximate surface area is 193 Å². The van der Waals surface area contributed by atoms with Gasteiger partial charge in [0.2, 0.25) is 5.78 Å². The van der Waals surface area contributed by atoms with Crippen molar-refractivity contribution in [1.82, 2.24) is 0 Å². The van der Waals surface area contributed by atoms with Crippen molar-refractivity contribution in [2.45, 2.75) is 71.2 Å².